The molecule has 0 radical (unpaired) electrons. The van der Waals surface area contributed by atoms with Gasteiger partial charge in [0.25, 0.3) is 0 Å². The predicted molar refractivity (Wildman–Crippen MR) is 39.3 cm³/mol. The summed E-state index contributed by atoms with van der Waals surface area (Å²) in [5.41, 5.74) is 0. The first-order chi connectivity index (χ1) is 4.43. The lowest BCUT2D eigenvalue weighted by Crippen LogP contribution is -1.91. The van der Waals surface area contributed by atoms with Crippen molar-refractivity contribution >= 4 is 18.0 Å². The summed E-state index contributed by atoms with van der Waals surface area (Å²) < 4.78 is 0. The summed E-state index contributed by atoms with van der Waals surface area (Å²) in [5, 5.41) is 0. The van der Waals surface area contributed by atoms with Crippen LogP contribution in [0.4, 0.5) is 0 Å². The van der Waals surface area contributed by atoms with Gasteiger partial charge in [0.2, 0.25) is 0 Å². The first-order valence-electron chi connectivity index (χ1n) is 2.96. The minimum atomic E-state index is 0.486. The van der Waals surface area contributed by atoms with Crippen molar-refractivity contribution in [2.45, 2.75) is 6.42 Å². The molecule has 1 unspecified atom stereocenters. The highest BCUT2D eigenvalue weighted by molar-refractivity contribution is 7.99. The molecule has 1 atom stereocenters. The smallest absolute Gasteiger partial charge is 0.192 e. The van der Waals surface area contributed by atoms with Gasteiger partial charge in [-0.2, -0.15) is 11.8 Å². The molecule has 1 rings (SSSR count). The Morgan fingerprint density at radius 1 is 1.67 bits per heavy atom. The van der Waals surface area contributed by atoms with Gasteiger partial charge in [0.15, 0.2) is 6.29 Å². The Balaban J connectivity index is 2.34. The average molecular weight is 140 g/mol. The highest BCUT2D eigenvalue weighted by atomic mass is 32.2. The highest BCUT2D eigenvalue weighted by Gasteiger charge is 2.11. The van der Waals surface area contributed by atoms with Gasteiger partial charge in [-0.1, -0.05) is 5.92 Å². The Bertz CT molecular complexity index is 148. The van der Waals surface area contributed by atoms with Gasteiger partial charge in [-0.05, 0) is 18.1 Å². The molecule has 1 aliphatic rings. The number of hydrogen-bond donors (Lipinski definition) is 0. The first-order valence-corrected chi connectivity index (χ1v) is 4.11. The molecule has 2 heteroatoms. The number of thioether (sulfide) groups is 1. The normalized spacial score (nSPS) is 24.7. The van der Waals surface area contributed by atoms with Crippen LogP contribution in [0.25, 0.3) is 0 Å². The molecule has 0 aliphatic carbocycles. The van der Waals surface area contributed by atoms with Gasteiger partial charge in [0.1, 0.15) is 0 Å². The van der Waals surface area contributed by atoms with E-state index in [0.717, 1.165) is 12.2 Å². The zero-order valence-corrected chi connectivity index (χ0v) is 5.91. The Kier molecular flexibility index (Phi) is 2.66. The van der Waals surface area contributed by atoms with E-state index in [2.05, 4.69) is 11.8 Å². The molecule has 1 fully saturated rings. The summed E-state index contributed by atoms with van der Waals surface area (Å²) in [7, 11) is 0. The highest BCUT2D eigenvalue weighted by Crippen LogP contribution is 2.22. The van der Waals surface area contributed by atoms with E-state index in [9.17, 15) is 4.79 Å². The van der Waals surface area contributed by atoms with Crippen molar-refractivity contribution in [3.63, 3.8) is 0 Å². The molecule has 1 saturated heterocycles. The van der Waals surface area contributed by atoms with Gasteiger partial charge in [-0.25, -0.2) is 0 Å². The zero-order valence-electron chi connectivity index (χ0n) is 5.09. The monoisotopic (exact) mass is 140 g/mol. The maximum Gasteiger partial charge on any atom is 0.192 e. The van der Waals surface area contributed by atoms with Crippen LogP contribution in [-0.2, 0) is 4.79 Å². The molecule has 0 aromatic carbocycles. The minimum absolute atomic E-state index is 0.486. The molecule has 0 spiro atoms. The third-order valence-corrected chi connectivity index (χ3v) is 2.44. The molecule has 1 heterocycles. The van der Waals surface area contributed by atoms with E-state index in [-0.39, 0.29) is 0 Å². The van der Waals surface area contributed by atoms with Gasteiger partial charge < -0.3 is 0 Å². The van der Waals surface area contributed by atoms with Gasteiger partial charge in [0, 0.05) is 11.7 Å². The van der Waals surface area contributed by atoms with Crippen LogP contribution >= 0.6 is 11.8 Å². The summed E-state index contributed by atoms with van der Waals surface area (Å²) >= 11 is 1.91. The molecule has 1 aliphatic heterocycles. The SMILES string of the molecule is O=CC#CC1CCSC1. The number of carbonyl (C=O) groups excluding carboxylic acids is 1. The van der Waals surface area contributed by atoms with E-state index in [1.807, 2.05) is 11.8 Å². The van der Waals surface area contributed by atoms with Crippen molar-refractivity contribution in [2.75, 3.05) is 11.5 Å². The summed E-state index contributed by atoms with van der Waals surface area (Å²) in [6.45, 7) is 0. The predicted octanol–water partition coefficient (Wildman–Crippen LogP) is 0.942. The maximum atomic E-state index is 9.78. The Morgan fingerprint density at radius 3 is 3.11 bits per heavy atom. The Labute approximate surface area is 59.2 Å². The molecule has 0 aromatic heterocycles. The van der Waals surface area contributed by atoms with E-state index >= 15 is 0 Å². The Hall–Kier alpha value is -0.420. The van der Waals surface area contributed by atoms with Gasteiger partial charge in [0.05, 0.1) is 0 Å². The number of rotatable bonds is 0. The zero-order chi connectivity index (χ0) is 6.53. The fourth-order valence-electron chi connectivity index (χ4n) is 0.800. The molecule has 9 heavy (non-hydrogen) atoms. The second-order valence-corrected chi connectivity index (χ2v) is 3.12. The van der Waals surface area contributed by atoms with E-state index in [1.165, 1.54) is 5.75 Å². The summed E-state index contributed by atoms with van der Waals surface area (Å²) in [6.07, 6.45) is 1.83. The van der Waals surface area contributed by atoms with E-state index < -0.39 is 0 Å². The van der Waals surface area contributed by atoms with Crippen LogP contribution in [-0.4, -0.2) is 17.8 Å². The second kappa shape index (κ2) is 3.58. The summed E-state index contributed by atoms with van der Waals surface area (Å²) in [4.78, 5) is 9.78. The molecule has 0 bridgehead atoms. The maximum absolute atomic E-state index is 9.78. The third-order valence-electron chi connectivity index (χ3n) is 1.28. The topological polar surface area (TPSA) is 17.1 Å². The first kappa shape index (κ1) is 6.70. The van der Waals surface area contributed by atoms with Crippen LogP contribution in [0.1, 0.15) is 6.42 Å². The second-order valence-electron chi connectivity index (χ2n) is 1.97. The van der Waals surface area contributed by atoms with E-state index in [0.29, 0.717) is 12.2 Å². The summed E-state index contributed by atoms with van der Waals surface area (Å²) in [5.74, 6) is 8.14. The van der Waals surface area contributed by atoms with Crippen LogP contribution in [0.5, 0.6) is 0 Å². The Morgan fingerprint density at radius 2 is 2.56 bits per heavy atom. The van der Waals surface area contributed by atoms with Gasteiger partial charge >= 0.3 is 0 Å². The molecule has 0 N–H and O–H groups in total. The van der Waals surface area contributed by atoms with Crippen LogP contribution < -0.4 is 0 Å². The minimum Gasteiger partial charge on any atom is -0.289 e. The molecule has 0 aromatic rings. The lowest BCUT2D eigenvalue weighted by Gasteiger charge is -1.91. The molecule has 0 amide bonds. The average Bonchev–Trinajstić information content (AvgIpc) is 2.34. The third kappa shape index (κ3) is 2.11. The van der Waals surface area contributed by atoms with Crippen LogP contribution in [0, 0.1) is 17.8 Å². The van der Waals surface area contributed by atoms with Crippen LogP contribution in [0.3, 0.4) is 0 Å². The summed E-state index contributed by atoms with van der Waals surface area (Å²) in [6, 6.07) is 0. The van der Waals surface area contributed by atoms with Crippen molar-refractivity contribution < 1.29 is 4.79 Å². The van der Waals surface area contributed by atoms with Gasteiger partial charge in [-0.3, -0.25) is 4.79 Å². The molecular formula is C7H8OS. The molecule has 48 valence electrons. The number of carbonyl (C=O) groups is 1. The van der Waals surface area contributed by atoms with E-state index in [1.54, 1.807) is 0 Å². The van der Waals surface area contributed by atoms with Crippen molar-refractivity contribution in [1.29, 1.82) is 0 Å². The van der Waals surface area contributed by atoms with Gasteiger partial charge in [-0.15, -0.1) is 0 Å². The fourth-order valence-corrected chi connectivity index (χ4v) is 1.95. The van der Waals surface area contributed by atoms with Crippen molar-refractivity contribution in [1.82, 2.24) is 0 Å². The van der Waals surface area contributed by atoms with Crippen molar-refractivity contribution in [3.05, 3.63) is 0 Å². The number of aldehydes is 1. The lowest BCUT2D eigenvalue weighted by atomic mass is 10.1. The fraction of sp³-hybridized carbons (Fsp3) is 0.571. The van der Waals surface area contributed by atoms with Crippen LogP contribution in [0.2, 0.25) is 0 Å². The largest absolute Gasteiger partial charge is 0.289 e. The standard InChI is InChI=1S/C7H8OS/c8-4-1-2-7-3-5-9-6-7/h4,7H,3,5-6H2. The number of hydrogen-bond acceptors (Lipinski definition) is 2. The van der Waals surface area contributed by atoms with E-state index in [4.69, 9.17) is 0 Å². The quantitative estimate of drug-likeness (QED) is 0.368. The van der Waals surface area contributed by atoms with Crippen molar-refractivity contribution in [3.8, 4) is 11.8 Å². The lowest BCUT2D eigenvalue weighted by molar-refractivity contribution is -0.103. The van der Waals surface area contributed by atoms with Crippen LogP contribution in [0.15, 0.2) is 0 Å². The molecular weight excluding hydrogens is 132 g/mol. The molecule has 1 nitrogen and oxygen atoms in total. The molecule has 0 saturated carbocycles. The van der Waals surface area contributed by atoms with Crippen molar-refractivity contribution in [2.24, 2.45) is 5.92 Å².